The Bertz CT molecular complexity index is 361. The van der Waals surface area contributed by atoms with Gasteiger partial charge >= 0.3 is 0 Å². The second kappa shape index (κ2) is 7.85. The van der Waals surface area contributed by atoms with Gasteiger partial charge in [0.1, 0.15) is 0 Å². The Morgan fingerprint density at radius 2 is 1.53 bits per heavy atom. The maximum atomic E-state index is 8.91. The molecule has 1 fully saturated rings. The summed E-state index contributed by atoms with van der Waals surface area (Å²) in [6, 6.07) is 8.15. The van der Waals surface area contributed by atoms with Crippen molar-refractivity contribution in [2.24, 2.45) is 0 Å². The van der Waals surface area contributed by atoms with Gasteiger partial charge in [0.05, 0.1) is 6.61 Å². The van der Waals surface area contributed by atoms with E-state index in [1.165, 1.54) is 12.0 Å². The summed E-state index contributed by atoms with van der Waals surface area (Å²) in [6.07, 6.45) is 2.32. The number of nitrogens with zero attached hydrogens (tertiary/aromatic N) is 2. The molecule has 1 aromatic rings. The van der Waals surface area contributed by atoms with E-state index in [1.54, 1.807) is 0 Å². The van der Waals surface area contributed by atoms with Crippen LogP contribution in [0.4, 0.5) is 0 Å². The maximum absolute atomic E-state index is 8.91. The molecule has 0 bridgehead atoms. The number of aliphatic hydroxyl groups excluding tert-OH is 1. The van der Waals surface area contributed by atoms with Crippen molar-refractivity contribution in [3.05, 3.63) is 34.9 Å². The van der Waals surface area contributed by atoms with Gasteiger partial charge in [0.2, 0.25) is 0 Å². The number of rotatable bonds is 6. The first-order chi connectivity index (χ1) is 9.28. The molecule has 2 rings (SSSR count). The molecule has 1 aromatic carbocycles. The number of benzene rings is 1. The van der Waals surface area contributed by atoms with Crippen molar-refractivity contribution >= 4 is 11.6 Å². The van der Waals surface area contributed by atoms with E-state index < -0.39 is 0 Å². The first-order valence-corrected chi connectivity index (χ1v) is 7.46. The second-order valence-corrected chi connectivity index (χ2v) is 5.57. The van der Waals surface area contributed by atoms with E-state index in [4.69, 9.17) is 16.7 Å². The predicted octanol–water partition coefficient (Wildman–Crippen LogP) is 1.88. The summed E-state index contributed by atoms with van der Waals surface area (Å²) >= 11 is 5.88. The van der Waals surface area contributed by atoms with Crippen molar-refractivity contribution in [1.82, 2.24) is 9.80 Å². The third kappa shape index (κ3) is 5.11. The largest absolute Gasteiger partial charge is 0.395 e. The normalized spacial score (nSPS) is 17.8. The highest BCUT2D eigenvalue weighted by Crippen LogP contribution is 2.11. The fraction of sp³-hybridized carbons (Fsp3) is 0.600. The zero-order chi connectivity index (χ0) is 13.5. The summed E-state index contributed by atoms with van der Waals surface area (Å²) in [6.45, 7) is 6.68. The molecule has 1 aliphatic rings. The lowest BCUT2D eigenvalue weighted by molar-refractivity contribution is 0.112. The zero-order valence-electron chi connectivity index (χ0n) is 11.4. The van der Waals surface area contributed by atoms with Crippen LogP contribution < -0.4 is 0 Å². The molecule has 0 radical (unpaired) electrons. The smallest absolute Gasteiger partial charge is 0.0558 e. The molecule has 0 aliphatic carbocycles. The van der Waals surface area contributed by atoms with Crippen LogP contribution in [0.1, 0.15) is 12.0 Å². The van der Waals surface area contributed by atoms with Gasteiger partial charge in [-0.15, -0.1) is 0 Å². The van der Waals surface area contributed by atoms with Gasteiger partial charge in [0.25, 0.3) is 0 Å². The van der Waals surface area contributed by atoms with Crippen LogP contribution in [0, 0.1) is 0 Å². The highest BCUT2D eigenvalue weighted by Gasteiger charge is 2.15. The van der Waals surface area contributed by atoms with Crippen LogP contribution in [0.3, 0.4) is 0 Å². The van der Waals surface area contributed by atoms with E-state index in [9.17, 15) is 0 Å². The summed E-state index contributed by atoms with van der Waals surface area (Å²) in [4.78, 5) is 4.85. The molecule has 1 N–H and O–H groups in total. The lowest BCUT2D eigenvalue weighted by Gasteiger charge is -2.34. The Kier molecular flexibility index (Phi) is 6.11. The SMILES string of the molecule is OCCN1CCN(CCCc2ccc(Cl)cc2)CC1. The third-order valence-corrected chi connectivity index (χ3v) is 3.99. The topological polar surface area (TPSA) is 26.7 Å². The third-order valence-electron chi connectivity index (χ3n) is 3.73. The van der Waals surface area contributed by atoms with Crippen molar-refractivity contribution in [3.63, 3.8) is 0 Å². The highest BCUT2D eigenvalue weighted by atomic mass is 35.5. The summed E-state index contributed by atoms with van der Waals surface area (Å²) in [5.74, 6) is 0. The van der Waals surface area contributed by atoms with Gasteiger partial charge in [-0.3, -0.25) is 4.90 Å². The standard InChI is InChI=1S/C15H23ClN2O/c16-15-5-3-14(4-6-15)2-1-7-17-8-10-18(11-9-17)12-13-19/h3-6,19H,1-2,7-13H2. The maximum Gasteiger partial charge on any atom is 0.0558 e. The van der Waals surface area contributed by atoms with Crippen LogP contribution in [-0.2, 0) is 6.42 Å². The Hall–Kier alpha value is -0.610. The number of aryl methyl sites for hydroxylation is 1. The van der Waals surface area contributed by atoms with Crippen molar-refractivity contribution in [1.29, 1.82) is 0 Å². The van der Waals surface area contributed by atoms with Crippen molar-refractivity contribution in [2.45, 2.75) is 12.8 Å². The zero-order valence-corrected chi connectivity index (χ0v) is 12.1. The van der Waals surface area contributed by atoms with E-state index >= 15 is 0 Å². The molecule has 0 saturated carbocycles. The Labute approximate surface area is 120 Å². The monoisotopic (exact) mass is 282 g/mol. The molecule has 0 spiro atoms. The van der Waals surface area contributed by atoms with Crippen LogP contribution in [0.25, 0.3) is 0 Å². The Morgan fingerprint density at radius 3 is 2.11 bits per heavy atom. The Morgan fingerprint density at radius 1 is 0.947 bits per heavy atom. The lowest BCUT2D eigenvalue weighted by atomic mass is 10.1. The van der Waals surface area contributed by atoms with Crippen molar-refractivity contribution in [2.75, 3.05) is 45.9 Å². The van der Waals surface area contributed by atoms with E-state index in [-0.39, 0.29) is 6.61 Å². The number of piperazine rings is 1. The molecule has 106 valence electrons. The number of halogens is 1. The molecule has 4 heteroatoms. The number of aliphatic hydroxyl groups is 1. The van der Waals surface area contributed by atoms with E-state index in [0.717, 1.165) is 50.7 Å². The van der Waals surface area contributed by atoms with Gasteiger partial charge in [-0.25, -0.2) is 0 Å². The molecule has 0 aromatic heterocycles. The number of hydrogen-bond donors (Lipinski definition) is 1. The molecule has 3 nitrogen and oxygen atoms in total. The molecule has 1 saturated heterocycles. The van der Waals surface area contributed by atoms with Crippen LogP contribution in [-0.4, -0.2) is 60.8 Å². The van der Waals surface area contributed by atoms with E-state index in [2.05, 4.69) is 21.9 Å². The van der Waals surface area contributed by atoms with E-state index in [0.29, 0.717) is 0 Å². The first kappa shape index (κ1) is 14.8. The molecule has 0 amide bonds. The average Bonchev–Trinajstić information content (AvgIpc) is 2.43. The molecular formula is C15H23ClN2O. The fourth-order valence-corrected chi connectivity index (χ4v) is 2.66. The molecule has 0 atom stereocenters. The van der Waals surface area contributed by atoms with Gasteiger partial charge < -0.3 is 10.0 Å². The summed E-state index contributed by atoms with van der Waals surface area (Å²) in [7, 11) is 0. The quantitative estimate of drug-likeness (QED) is 0.863. The van der Waals surface area contributed by atoms with Gasteiger partial charge in [-0.05, 0) is 37.1 Å². The predicted molar refractivity (Wildman–Crippen MR) is 79.7 cm³/mol. The van der Waals surface area contributed by atoms with Crippen LogP contribution >= 0.6 is 11.6 Å². The van der Waals surface area contributed by atoms with Gasteiger partial charge in [-0.2, -0.15) is 0 Å². The van der Waals surface area contributed by atoms with Crippen LogP contribution in [0.15, 0.2) is 24.3 Å². The van der Waals surface area contributed by atoms with Crippen molar-refractivity contribution < 1.29 is 5.11 Å². The molecule has 1 heterocycles. The lowest BCUT2D eigenvalue weighted by Crippen LogP contribution is -2.47. The minimum atomic E-state index is 0.274. The summed E-state index contributed by atoms with van der Waals surface area (Å²) < 4.78 is 0. The van der Waals surface area contributed by atoms with Crippen LogP contribution in [0.2, 0.25) is 5.02 Å². The molecule has 0 unspecified atom stereocenters. The second-order valence-electron chi connectivity index (χ2n) is 5.14. The summed E-state index contributed by atoms with van der Waals surface area (Å²) in [5.41, 5.74) is 1.36. The molecular weight excluding hydrogens is 260 g/mol. The van der Waals surface area contributed by atoms with Gasteiger partial charge in [-0.1, -0.05) is 23.7 Å². The highest BCUT2D eigenvalue weighted by molar-refractivity contribution is 6.30. The van der Waals surface area contributed by atoms with Crippen molar-refractivity contribution in [3.8, 4) is 0 Å². The number of β-amino-alcohol motifs (C(OH)–C–C–N with tert-alkyl or cyclic N) is 1. The van der Waals surface area contributed by atoms with Gasteiger partial charge in [0.15, 0.2) is 0 Å². The summed E-state index contributed by atoms with van der Waals surface area (Å²) in [5, 5.41) is 9.72. The minimum absolute atomic E-state index is 0.274. The molecule has 19 heavy (non-hydrogen) atoms. The average molecular weight is 283 g/mol. The van der Waals surface area contributed by atoms with Crippen LogP contribution in [0.5, 0.6) is 0 Å². The first-order valence-electron chi connectivity index (χ1n) is 7.08. The van der Waals surface area contributed by atoms with Gasteiger partial charge in [0, 0.05) is 37.7 Å². The minimum Gasteiger partial charge on any atom is -0.395 e. The fourth-order valence-electron chi connectivity index (χ4n) is 2.54. The Balaban J connectivity index is 1.63. The number of hydrogen-bond acceptors (Lipinski definition) is 3. The van der Waals surface area contributed by atoms with E-state index in [1.807, 2.05) is 12.1 Å². The molecule has 1 aliphatic heterocycles.